The minimum Gasteiger partial charge on any atom is -0.356 e. The first-order chi connectivity index (χ1) is 13.4. The van der Waals surface area contributed by atoms with Gasteiger partial charge in [-0.2, -0.15) is 0 Å². The lowest BCUT2D eigenvalue weighted by atomic mass is 10.2. The van der Waals surface area contributed by atoms with Crippen molar-refractivity contribution in [2.75, 3.05) is 39.0 Å². The van der Waals surface area contributed by atoms with Gasteiger partial charge in [-0.05, 0) is 51.4 Å². The third-order valence-electron chi connectivity index (χ3n) is 4.77. The molecule has 1 aromatic rings. The number of sulfone groups is 1. The molecule has 0 saturated carbocycles. The van der Waals surface area contributed by atoms with Crippen LogP contribution < -0.4 is 10.6 Å². The van der Waals surface area contributed by atoms with Crippen molar-refractivity contribution < 1.29 is 8.42 Å². The first-order valence-corrected chi connectivity index (χ1v) is 12.2. The van der Waals surface area contributed by atoms with E-state index in [2.05, 4.69) is 41.3 Å². The third-order valence-corrected chi connectivity index (χ3v) is 6.45. The van der Waals surface area contributed by atoms with E-state index in [1.165, 1.54) is 0 Å². The van der Waals surface area contributed by atoms with Crippen molar-refractivity contribution in [2.45, 2.75) is 51.8 Å². The van der Waals surface area contributed by atoms with Crippen molar-refractivity contribution in [1.82, 2.24) is 15.5 Å². The summed E-state index contributed by atoms with van der Waals surface area (Å²) in [5, 5.41) is 6.61. The van der Waals surface area contributed by atoms with Gasteiger partial charge in [0.1, 0.15) is 0 Å². The number of nitrogens with one attached hydrogen (secondary N) is 2. The fraction of sp³-hybridized carbons (Fsp3) is 0.667. The smallest absolute Gasteiger partial charge is 0.191 e. The van der Waals surface area contributed by atoms with Crippen LogP contribution in [0.25, 0.3) is 0 Å². The number of guanidine groups is 1. The maximum absolute atomic E-state index is 12.2. The van der Waals surface area contributed by atoms with Gasteiger partial charge in [-0.25, -0.2) is 8.42 Å². The molecule has 0 fully saturated rings. The number of nitrogens with zero attached hydrogens (tertiary/aromatic N) is 2. The van der Waals surface area contributed by atoms with Crippen LogP contribution in [0, 0.1) is 0 Å². The van der Waals surface area contributed by atoms with Crippen LogP contribution in [0.2, 0.25) is 0 Å². The lowest BCUT2D eigenvalue weighted by molar-refractivity contribution is 0.292. The van der Waals surface area contributed by atoms with Crippen LogP contribution in [0.1, 0.15) is 45.6 Å². The molecular weight excluding hydrogens is 372 g/mol. The fourth-order valence-electron chi connectivity index (χ4n) is 3.06. The summed E-state index contributed by atoms with van der Waals surface area (Å²) >= 11 is 0. The van der Waals surface area contributed by atoms with E-state index in [9.17, 15) is 8.42 Å². The molecule has 28 heavy (non-hydrogen) atoms. The third kappa shape index (κ3) is 10.7. The molecule has 0 aliphatic heterocycles. The Kier molecular flexibility index (Phi) is 11.8. The average Bonchev–Trinajstić information content (AvgIpc) is 2.68. The van der Waals surface area contributed by atoms with Crippen molar-refractivity contribution in [3.63, 3.8) is 0 Å². The zero-order valence-corrected chi connectivity index (χ0v) is 18.8. The summed E-state index contributed by atoms with van der Waals surface area (Å²) in [5.41, 5.74) is 0.839. The topological polar surface area (TPSA) is 73.8 Å². The Morgan fingerprint density at radius 1 is 1.14 bits per heavy atom. The molecule has 0 saturated heterocycles. The van der Waals surface area contributed by atoms with Crippen LogP contribution in [0.3, 0.4) is 0 Å². The van der Waals surface area contributed by atoms with Gasteiger partial charge in [0, 0.05) is 19.6 Å². The standard InChI is InChI=1S/C21H38N4O2S/c1-5-25(6-2)16-10-12-19(3)24-21(22-4)23-15-11-17-28(26,27)18-20-13-8-7-9-14-20/h7-9,13-14,19H,5-6,10-12,15-18H2,1-4H3,(H2,22,23,24). The van der Waals surface area contributed by atoms with E-state index >= 15 is 0 Å². The Labute approximate surface area is 171 Å². The number of rotatable bonds is 13. The summed E-state index contributed by atoms with van der Waals surface area (Å²) in [6.45, 7) is 10.4. The molecule has 7 heteroatoms. The van der Waals surface area contributed by atoms with E-state index in [4.69, 9.17) is 0 Å². The minimum absolute atomic E-state index is 0.102. The van der Waals surface area contributed by atoms with Crippen LogP contribution in [-0.2, 0) is 15.6 Å². The van der Waals surface area contributed by atoms with E-state index in [-0.39, 0.29) is 11.5 Å². The molecule has 0 radical (unpaired) electrons. The van der Waals surface area contributed by atoms with E-state index in [1.54, 1.807) is 7.05 Å². The van der Waals surface area contributed by atoms with Gasteiger partial charge in [0.05, 0.1) is 11.5 Å². The number of hydrogen-bond donors (Lipinski definition) is 2. The monoisotopic (exact) mass is 410 g/mol. The first kappa shape index (κ1) is 24.4. The Hall–Kier alpha value is -1.60. The minimum atomic E-state index is -3.09. The van der Waals surface area contributed by atoms with Gasteiger partial charge in [0.25, 0.3) is 0 Å². The highest BCUT2D eigenvalue weighted by molar-refractivity contribution is 7.90. The quantitative estimate of drug-likeness (QED) is 0.297. The second-order valence-corrected chi connectivity index (χ2v) is 9.33. The van der Waals surface area contributed by atoms with Crippen LogP contribution in [0.4, 0.5) is 0 Å². The van der Waals surface area contributed by atoms with Gasteiger partial charge >= 0.3 is 0 Å². The van der Waals surface area contributed by atoms with Gasteiger partial charge in [-0.15, -0.1) is 0 Å². The summed E-state index contributed by atoms with van der Waals surface area (Å²) < 4.78 is 24.5. The summed E-state index contributed by atoms with van der Waals surface area (Å²) in [6.07, 6.45) is 2.78. The molecule has 1 unspecified atom stereocenters. The van der Waals surface area contributed by atoms with E-state index in [0.717, 1.165) is 44.0 Å². The lowest BCUT2D eigenvalue weighted by Gasteiger charge is -2.21. The van der Waals surface area contributed by atoms with Gasteiger partial charge in [-0.1, -0.05) is 44.2 Å². The molecular formula is C21H38N4O2S. The summed E-state index contributed by atoms with van der Waals surface area (Å²) in [6, 6.07) is 9.65. The zero-order chi connectivity index (χ0) is 20.8. The number of aliphatic imine (C=N–C) groups is 1. The van der Waals surface area contributed by atoms with Crippen molar-refractivity contribution in [2.24, 2.45) is 4.99 Å². The molecule has 0 spiro atoms. The number of benzene rings is 1. The molecule has 0 aliphatic rings. The maximum atomic E-state index is 12.2. The van der Waals surface area contributed by atoms with E-state index in [0.29, 0.717) is 19.0 Å². The van der Waals surface area contributed by atoms with Crippen molar-refractivity contribution in [1.29, 1.82) is 0 Å². The molecule has 0 aliphatic carbocycles. The molecule has 2 N–H and O–H groups in total. The van der Waals surface area contributed by atoms with Gasteiger partial charge in [-0.3, -0.25) is 4.99 Å². The van der Waals surface area contributed by atoms with Gasteiger partial charge in [0.2, 0.25) is 0 Å². The van der Waals surface area contributed by atoms with E-state index < -0.39 is 9.84 Å². The largest absolute Gasteiger partial charge is 0.356 e. The predicted molar refractivity (Wildman–Crippen MR) is 120 cm³/mol. The SMILES string of the molecule is CCN(CC)CCCC(C)NC(=NC)NCCCS(=O)(=O)Cc1ccccc1. The lowest BCUT2D eigenvalue weighted by Crippen LogP contribution is -2.43. The summed E-state index contributed by atoms with van der Waals surface area (Å²) in [5.74, 6) is 1.01. The van der Waals surface area contributed by atoms with E-state index in [1.807, 2.05) is 30.3 Å². The van der Waals surface area contributed by atoms with Crippen LogP contribution in [-0.4, -0.2) is 64.3 Å². The Morgan fingerprint density at radius 2 is 1.82 bits per heavy atom. The Bertz CT molecular complexity index is 658. The number of hydrogen-bond acceptors (Lipinski definition) is 4. The maximum Gasteiger partial charge on any atom is 0.191 e. The normalized spacial score (nSPS) is 13.5. The molecule has 0 aromatic heterocycles. The Balaban J connectivity index is 2.26. The fourth-order valence-corrected chi connectivity index (χ4v) is 4.49. The average molecular weight is 411 g/mol. The van der Waals surface area contributed by atoms with Crippen molar-refractivity contribution in [3.05, 3.63) is 35.9 Å². The molecule has 160 valence electrons. The molecule has 1 rings (SSSR count). The summed E-state index contributed by atoms with van der Waals surface area (Å²) in [7, 11) is -1.35. The second kappa shape index (κ2) is 13.6. The molecule has 0 heterocycles. The molecule has 1 atom stereocenters. The van der Waals surface area contributed by atoms with Crippen LogP contribution in [0.5, 0.6) is 0 Å². The predicted octanol–water partition coefficient (Wildman–Crippen LogP) is 2.67. The highest BCUT2D eigenvalue weighted by Gasteiger charge is 2.12. The highest BCUT2D eigenvalue weighted by atomic mass is 32.2. The summed E-state index contributed by atoms with van der Waals surface area (Å²) in [4.78, 5) is 6.67. The van der Waals surface area contributed by atoms with Crippen LogP contribution in [0.15, 0.2) is 35.3 Å². The highest BCUT2D eigenvalue weighted by Crippen LogP contribution is 2.07. The Morgan fingerprint density at radius 3 is 2.43 bits per heavy atom. The van der Waals surface area contributed by atoms with Crippen molar-refractivity contribution in [3.8, 4) is 0 Å². The molecule has 6 nitrogen and oxygen atoms in total. The molecule has 0 amide bonds. The van der Waals surface area contributed by atoms with Crippen molar-refractivity contribution >= 4 is 15.8 Å². The van der Waals surface area contributed by atoms with Crippen LogP contribution >= 0.6 is 0 Å². The molecule has 1 aromatic carbocycles. The first-order valence-electron chi connectivity index (χ1n) is 10.3. The van der Waals surface area contributed by atoms with Gasteiger partial charge < -0.3 is 15.5 Å². The second-order valence-electron chi connectivity index (χ2n) is 7.14. The van der Waals surface area contributed by atoms with Gasteiger partial charge in [0.15, 0.2) is 15.8 Å². The molecule has 0 bridgehead atoms. The zero-order valence-electron chi connectivity index (χ0n) is 17.9.